The minimum Gasteiger partial charge on any atom is -0.368 e. The molecule has 0 fully saturated rings. The van der Waals surface area contributed by atoms with Gasteiger partial charge in [-0.15, -0.1) is 0 Å². The summed E-state index contributed by atoms with van der Waals surface area (Å²) >= 11 is 0. The van der Waals surface area contributed by atoms with Crippen molar-refractivity contribution in [3.05, 3.63) is 70.9 Å². The van der Waals surface area contributed by atoms with Crippen LogP contribution in [0.3, 0.4) is 0 Å². The number of hydrogen-bond donors (Lipinski definition) is 2. The van der Waals surface area contributed by atoms with Gasteiger partial charge in [0.25, 0.3) is 0 Å². The highest BCUT2D eigenvalue weighted by molar-refractivity contribution is 6.17. The lowest BCUT2D eigenvalue weighted by Crippen LogP contribution is -2.48. The molecule has 2 aliphatic rings. The van der Waals surface area contributed by atoms with Crippen molar-refractivity contribution < 1.29 is 14.4 Å². The van der Waals surface area contributed by atoms with Crippen LogP contribution in [0.2, 0.25) is 0 Å². The smallest absolute Gasteiger partial charge is 0.243 e. The Labute approximate surface area is 178 Å². The first-order valence-corrected chi connectivity index (χ1v) is 9.98. The average Bonchev–Trinajstić information content (AvgIpc) is 3.25. The number of carbonyl (C=O) groups excluding carboxylic acids is 3. The predicted octanol–water partition coefficient (Wildman–Crippen LogP) is 1.95. The number of carbonyl (C=O) groups is 3. The maximum Gasteiger partial charge on any atom is 0.243 e. The number of amides is 3. The summed E-state index contributed by atoms with van der Waals surface area (Å²) in [5.74, 6) is -0.791. The monoisotopic (exact) mass is 415 g/mol. The van der Waals surface area contributed by atoms with E-state index in [1.165, 1.54) is 4.90 Å². The Kier molecular flexibility index (Phi) is 4.01. The molecule has 0 aliphatic carbocycles. The number of para-hydroxylation sites is 1. The molecule has 8 heteroatoms. The zero-order chi connectivity index (χ0) is 21.9. The number of aromatic nitrogens is 2. The molecule has 1 unspecified atom stereocenters. The van der Waals surface area contributed by atoms with Crippen molar-refractivity contribution in [2.45, 2.75) is 25.7 Å². The maximum atomic E-state index is 13.7. The molecule has 156 valence electrons. The second kappa shape index (κ2) is 6.53. The molecule has 2 aliphatic heterocycles. The van der Waals surface area contributed by atoms with Crippen LogP contribution in [-0.4, -0.2) is 34.0 Å². The predicted molar refractivity (Wildman–Crippen MR) is 115 cm³/mol. The quantitative estimate of drug-likeness (QED) is 0.681. The van der Waals surface area contributed by atoms with Crippen molar-refractivity contribution in [1.82, 2.24) is 9.78 Å². The van der Waals surface area contributed by atoms with Gasteiger partial charge in [-0.25, -0.2) is 4.68 Å². The molecule has 0 saturated carbocycles. The molecule has 0 saturated heterocycles. The molecule has 3 aromatic rings. The van der Waals surface area contributed by atoms with Crippen molar-refractivity contribution >= 4 is 29.2 Å². The second-order valence-electron chi connectivity index (χ2n) is 8.09. The van der Waals surface area contributed by atoms with E-state index in [2.05, 4.69) is 10.4 Å². The van der Waals surface area contributed by atoms with Gasteiger partial charge in [0.05, 0.1) is 11.9 Å². The molecule has 3 amide bonds. The summed E-state index contributed by atoms with van der Waals surface area (Å²) < 4.78 is 1.65. The normalized spacial score (nSPS) is 19.4. The van der Waals surface area contributed by atoms with Gasteiger partial charge in [0, 0.05) is 17.7 Å². The molecular weight excluding hydrogens is 394 g/mol. The summed E-state index contributed by atoms with van der Waals surface area (Å²) in [6, 6.07) is 13.1. The van der Waals surface area contributed by atoms with Crippen molar-refractivity contribution in [1.29, 1.82) is 0 Å². The van der Waals surface area contributed by atoms with Crippen LogP contribution in [0.25, 0.3) is 5.69 Å². The van der Waals surface area contributed by atoms with Crippen molar-refractivity contribution in [3.63, 3.8) is 0 Å². The van der Waals surface area contributed by atoms with Gasteiger partial charge in [0.2, 0.25) is 17.7 Å². The van der Waals surface area contributed by atoms with E-state index in [0.29, 0.717) is 22.6 Å². The molecule has 1 atom stereocenters. The summed E-state index contributed by atoms with van der Waals surface area (Å²) in [6.07, 6.45) is 1.57. The number of anilines is 2. The summed E-state index contributed by atoms with van der Waals surface area (Å²) in [5.41, 5.74) is 9.06. The Balaban J connectivity index is 1.74. The molecule has 8 nitrogen and oxygen atoms in total. The van der Waals surface area contributed by atoms with Gasteiger partial charge in [0.15, 0.2) is 0 Å². The van der Waals surface area contributed by atoms with Crippen LogP contribution in [-0.2, 0) is 19.8 Å². The first-order valence-electron chi connectivity index (χ1n) is 9.98. The third-order valence-electron chi connectivity index (χ3n) is 6.23. The second-order valence-corrected chi connectivity index (χ2v) is 8.09. The van der Waals surface area contributed by atoms with E-state index >= 15 is 0 Å². The Morgan fingerprint density at radius 2 is 1.90 bits per heavy atom. The van der Waals surface area contributed by atoms with Crippen LogP contribution in [0.5, 0.6) is 0 Å². The van der Waals surface area contributed by atoms with Crippen molar-refractivity contribution in [3.8, 4) is 5.69 Å². The van der Waals surface area contributed by atoms with Gasteiger partial charge >= 0.3 is 0 Å². The van der Waals surface area contributed by atoms with Gasteiger partial charge in [-0.05, 0) is 48.7 Å². The van der Waals surface area contributed by atoms with E-state index in [0.717, 1.165) is 16.8 Å². The lowest BCUT2D eigenvalue weighted by atomic mass is 9.72. The van der Waals surface area contributed by atoms with Crippen LogP contribution in [0.1, 0.15) is 28.7 Å². The molecular formula is C23H21N5O3. The van der Waals surface area contributed by atoms with Crippen LogP contribution in [0.15, 0.2) is 48.7 Å². The number of rotatable bonds is 3. The molecule has 0 radical (unpaired) electrons. The van der Waals surface area contributed by atoms with Crippen molar-refractivity contribution in [2.24, 2.45) is 5.73 Å². The molecule has 2 aromatic carbocycles. The van der Waals surface area contributed by atoms with E-state index in [9.17, 15) is 14.4 Å². The fourth-order valence-corrected chi connectivity index (χ4v) is 4.62. The number of hydrogen-bond acceptors (Lipinski definition) is 4. The third kappa shape index (κ3) is 2.61. The third-order valence-corrected chi connectivity index (χ3v) is 6.23. The summed E-state index contributed by atoms with van der Waals surface area (Å²) in [5, 5.41) is 7.42. The standard InChI is InChI=1S/C23H21N5O3/c1-13-7-8-15(9-14(13)2)28-21-17(11-25-28)23(10-20(30)26-21)16-5-3-4-6-18(16)27(22(23)31)12-19(24)29/h3-9,11H,10,12H2,1-2H3,(H2,24,29)(H,26,30). The largest absolute Gasteiger partial charge is 0.368 e. The Hall–Kier alpha value is -3.94. The van der Waals surface area contributed by atoms with E-state index < -0.39 is 11.3 Å². The fourth-order valence-electron chi connectivity index (χ4n) is 4.62. The van der Waals surface area contributed by atoms with Crippen molar-refractivity contribution in [2.75, 3.05) is 16.8 Å². The zero-order valence-corrected chi connectivity index (χ0v) is 17.2. The number of benzene rings is 2. The Bertz CT molecular complexity index is 1280. The fraction of sp³-hybridized carbons (Fsp3) is 0.217. The van der Waals surface area contributed by atoms with E-state index in [1.807, 2.05) is 44.2 Å². The lowest BCUT2D eigenvalue weighted by molar-refractivity contribution is -0.127. The summed E-state index contributed by atoms with van der Waals surface area (Å²) in [6.45, 7) is 3.78. The summed E-state index contributed by atoms with van der Waals surface area (Å²) in [4.78, 5) is 39.6. The highest BCUT2D eigenvalue weighted by Gasteiger charge is 2.57. The van der Waals surface area contributed by atoms with Gasteiger partial charge < -0.3 is 16.0 Å². The average molecular weight is 415 g/mol. The molecule has 3 heterocycles. The van der Waals surface area contributed by atoms with Crippen LogP contribution in [0.4, 0.5) is 11.5 Å². The molecule has 31 heavy (non-hydrogen) atoms. The highest BCUT2D eigenvalue weighted by atomic mass is 16.2. The SMILES string of the molecule is Cc1ccc(-n2ncc3c2NC(=O)CC32C(=O)N(CC(N)=O)c3ccccc32)cc1C. The highest BCUT2D eigenvalue weighted by Crippen LogP contribution is 2.52. The van der Waals surface area contributed by atoms with Gasteiger partial charge in [-0.1, -0.05) is 24.3 Å². The van der Waals surface area contributed by atoms with Gasteiger partial charge in [0.1, 0.15) is 17.8 Å². The molecule has 1 spiro atoms. The van der Waals surface area contributed by atoms with Gasteiger partial charge in [-0.3, -0.25) is 14.4 Å². The van der Waals surface area contributed by atoms with Gasteiger partial charge in [-0.2, -0.15) is 5.10 Å². The zero-order valence-electron chi connectivity index (χ0n) is 17.2. The topological polar surface area (TPSA) is 110 Å². The van der Waals surface area contributed by atoms with Crippen LogP contribution >= 0.6 is 0 Å². The first kappa shape index (κ1) is 19.0. The van der Waals surface area contributed by atoms with Crippen LogP contribution in [0, 0.1) is 13.8 Å². The molecule has 5 rings (SSSR count). The Morgan fingerprint density at radius 3 is 2.65 bits per heavy atom. The van der Waals surface area contributed by atoms with Crippen LogP contribution < -0.4 is 16.0 Å². The minimum absolute atomic E-state index is 0.0657. The maximum absolute atomic E-state index is 13.7. The Morgan fingerprint density at radius 1 is 1.13 bits per heavy atom. The molecule has 1 aromatic heterocycles. The number of aryl methyl sites for hydroxylation is 2. The number of fused-ring (bicyclic) bond motifs is 4. The lowest BCUT2D eigenvalue weighted by Gasteiger charge is -2.32. The summed E-state index contributed by atoms with van der Waals surface area (Å²) in [7, 11) is 0. The minimum atomic E-state index is -1.25. The number of nitrogens with two attached hydrogens (primary N) is 1. The molecule has 3 N–H and O–H groups in total. The van der Waals surface area contributed by atoms with E-state index in [1.54, 1.807) is 23.0 Å². The number of nitrogens with one attached hydrogen (secondary N) is 1. The first-order chi connectivity index (χ1) is 14.8. The molecule has 0 bridgehead atoms. The van der Waals surface area contributed by atoms with E-state index in [4.69, 9.17) is 5.73 Å². The van der Waals surface area contributed by atoms with E-state index in [-0.39, 0.29) is 24.8 Å². The number of primary amides is 1. The number of nitrogens with zero attached hydrogens (tertiary/aromatic N) is 3.